The molecule has 0 aliphatic rings. The monoisotopic (exact) mass is 572 g/mol. The van der Waals surface area contributed by atoms with E-state index < -0.39 is 6.04 Å². The van der Waals surface area contributed by atoms with E-state index in [2.05, 4.69) is 21.2 Å². The lowest BCUT2D eigenvalue weighted by atomic mass is 10.0. The molecule has 1 N–H and O–H groups in total. The molecule has 3 aromatic rings. The Balaban J connectivity index is 1.83. The van der Waals surface area contributed by atoms with Crippen molar-refractivity contribution in [3.63, 3.8) is 0 Å². The molecule has 0 heterocycles. The van der Waals surface area contributed by atoms with Gasteiger partial charge in [-0.25, -0.2) is 0 Å². The fourth-order valence-corrected chi connectivity index (χ4v) is 5.11. The number of hydrogen-bond acceptors (Lipinski definition) is 3. The number of rotatable bonds is 12. The molecule has 0 spiro atoms. The van der Waals surface area contributed by atoms with Gasteiger partial charge in [0, 0.05) is 34.8 Å². The van der Waals surface area contributed by atoms with Gasteiger partial charge in [0.1, 0.15) is 6.04 Å². The summed E-state index contributed by atoms with van der Waals surface area (Å²) >= 11 is 11.3. The summed E-state index contributed by atoms with van der Waals surface area (Å²) in [4.78, 5) is 28.6. The van der Waals surface area contributed by atoms with Crippen LogP contribution in [0.25, 0.3) is 0 Å². The Morgan fingerprint density at radius 3 is 2.34 bits per heavy atom. The molecule has 0 bridgehead atoms. The van der Waals surface area contributed by atoms with Gasteiger partial charge in [0.15, 0.2) is 0 Å². The van der Waals surface area contributed by atoms with Crippen molar-refractivity contribution >= 4 is 51.1 Å². The van der Waals surface area contributed by atoms with Crippen molar-refractivity contribution in [3.05, 3.63) is 105 Å². The van der Waals surface area contributed by atoms with Crippen LogP contribution in [0, 0.1) is 0 Å². The zero-order valence-electron chi connectivity index (χ0n) is 19.8. The molecule has 3 aromatic carbocycles. The second kappa shape index (κ2) is 14.3. The maximum atomic E-state index is 13.6. The van der Waals surface area contributed by atoms with Crippen LogP contribution < -0.4 is 5.32 Å². The molecule has 0 radical (unpaired) electrons. The fraction of sp³-hybridized carbons (Fsp3) is 0.286. The number of nitrogens with zero attached hydrogens (tertiary/aromatic N) is 1. The molecule has 0 aliphatic heterocycles. The van der Waals surface area contributed by atoms with Crippen molar-refractivity contribution in [1.82, 2.24) is 10.2 Å². The molecule has 0 saturated carbocycles. The zero-order valence-corrected chi connectivity index (χ0v) is 22.9. The minimum Gasteiger partial charge on any atom is -0.354 e. The highest BCUT2D eigenvalue weighted by Crippen LogP contribution is 2.23. The SMILES string of the molecule is CCCNC(=O)[C@H](Cc1ccccc1)N(Cc1ccc(Br)cc1)C(=O)CSCc1ccccc1Cl. The molecule has 35 heavy (non-hydrogen) atoms. The van der Waals surface area contributed by atoms with E-state index in [0.29, 0.717) is 30.3 Å². The first-order valence-electron chi connectivity index (χ1n) is 11.6. The summed E-state index contributed by atoms with van der Waals surface area (Å²) < 4.78 is 0.968. The third kappa shape index (κ3) is 8.71. The Morgan fingerprint density at radius 1 is 0.971 bits per heavy atom. The molecule has 1 atom stereocenters. The van der Waals surface area contributed by atoms with Crippen LogP contribution in [0.1, 0.15) is 30.0 Å². The van der Waals surface area contributed by atoms with Gasteiger partial charge in [-0.3, -0.25) is 9.59 Å². The predicted molar refractivity (Wildman–Crippen MR) is 150 cm³/mol. The first-order chi connectivity index (χ1) is 17.0. The van der Waals surface area contributed by atoms with E-state index in [1.165, 1.54) is 11.8 Å². The highest BCUT2D eigenvalue weighted by Gasteiger charge is 2.30. The molecule has 0 aliphatic carbocycles. The first-order valence-corrected chi connectivity index (χ1v) is 14.0. The van der Waals surface area contributed by atoms with Gasteiger partial charge in [-0.15, -0.1) is 11.8 Å². The molecule has 184 valence electrons. The summed E-state index contributed by atoms with van der Waals surface area (Å²) in [6.07, 6.45) is 1.28. The minimum atomic E-state index is -0.610. The van der Waals surface area contributed by atoms with Crippen LogP contribution in [0.3, 0.4) is 0 Å². The maximum Gasteiger partial charge on any atom is 0.243 e. The van der Waals surface area contributed by atoms with E-state index >= 15 is 0 Å². The molecule has 0 saturated heterocycles. The topological polar surface area (TPSA) is 49.4 Å². The highest BCUT2D eigenvalue weighted by molar-refractivity contribution is 9.10. The molecule has 0 fully saturated rings. The van der Waals surface area contributed by atoms with Crippen LogP contribution in [0.4, 0.5) is 0 Å². The lowest BCUT2D eigenvalue weighted by Crippen LogP contribution is -2.51. The van der Waals surface area contributed by atoms with E-state index in [9.17, 15) is 9.59 Å². The minimum absolute atomic E-state index is 0.0717. The van der Waals surface area contributed by atoms with E-state index in [4.69, 9.17) is 11.6 Å². The standard InChI is InChI=1S/C28H30BrClN2O2S/c1-2-16-31-28(34)26(17-21-8-4-3-5-9-21)32(18-22-12-14-24(29)15-13-22)27(33)20-35-19-23-10-6-7-11-25(23)30/h3-15,26H,2,16-20H2,1H3,(H,31,34)/t26-/m0/s1. The van der Waals surface area contributed by atoms with Crippen molar-refractivity contribution in [2.75, 3.05) is 12.3 Å². The molecule has 3 rings (SSSR count). The molecule has 0 aromatic heterocycles. The summed E-state index contributed by atoms with van der Waals surface area (Å²) in [5.41, 5.74) is 2.98. The van der Waals surface area contributed by atoms with Gasteiger partial charge < -0.3 is 10.2 Å². The number of halogens is 2. The first kappa shape index (κ1) is 27.3. The lowest BCUT2D eigenvalue weighted by Gasteiger charge is -2.31. The third-order valence-electron chi connectivity index (χ3n) is 5.53. The molecule has 4 nitrogen and oxygen atoms in total. The number of carbonyl (C=O) groups excluding carboxylic acids is 2. The molecular weight excluding hydrogens is 544 g/mol. The fourth-order valence-electron chi connectivity index (χ4n) is 3.65. The van der Waals surface area contributed by atoms with Crippen LogP contribution >= 0.6 is 39.3 Å². The largest absolute Gasteiger partial charge is 0.354 e. The van der Waals surface area contributed by atoms with Gasteiger partial charge in [-0.2, -0.15) is 0 Å². The van der Waals surface area contributed by atoms with Gasteiger partial charge in [0.2, 0.25) is 11.8 Å². The quantitative estimate of drug-likeness (QED) is 0.269. The molecule has 2 amide bonds. The Hall–Kier alpha value is -2.28. The van der Waals surface area contributed by atoms with Gasteiger partial charge in [-0.1, -0.05) is 95.1 Å². The second-order valence-electron chi connectivity index (χ2n) is 8.23. The normalized spacial score (nSPS) is 11.6. The zero-order chi connectivity index (χ0) is 25.0. The van der Waals surface area contributed by atoms with Crippen molar-refractivity contribution in [2.24, 2.45) is 0 Å². The summed E-state index contributed by atoms with van der Waals surface area (Å²) in [5, 5.41) is 3.70. The highest BCUT2D eigenvalue weighted by atomic mass is 79.9. The third-order valence-corrected chi connectivity index (χ3v) is 7.39. The summed E-state index contributed by atoms with van der Waals surface area (Å²) in [6, 6.07) is 24.8. The van der Waals surface area contributed by atoms with Crippen LogP contribution in [-0.4, -0.2) is 35.1 Å². The summed E-state index contributed by atoms with van der Waals surface area (Å²) in [5.74, 6) is 0.687. The average molecular weight is 574 g/mol. The van der Waals surface area contributed by atoms with E-state index in [1.807, 2.05) is 85.8 Å². The van der Waals surface area contributed by atoms with Crippen molar-refractivity contribution in [3.8, 4) is 0 Å². The van der Waals surface area contributed by atoms with Crippen LogP contribution in [-0.2, 0) is 28.3 Å². The number of benzene rings is 3. The van der Waals surface area contributed by atoms with Crippen molar-refractivity contribution in [1.29, 1.82) is 0 Å². The Kier molecular flexibility index (Phi) is 11.2. The van der Waals surface area contributed by atoms with E-state index in [-0.39, 0.29) is 17.6 Å². The van der Waals surface area contributed by atoms with Gasteiger partial charge in [0.05, 0.1) is 5.75 Å². The second-order valence-corrected chi connectivity index (χ2v) is 10.5. The molecule has 7 heteroatoms. The maximum absolute atomic E-state index is 13.6. The van der Waals surface area contributed by atoms with Gasteiger partial charge in [-0.05, 0) is 41.3 Å². The van der Waals surface area contributed by atoms with Crippen LogP contribution in [0.2, 0.25) is 5.02 Å². The lowest BCUT2D eigenvalue weighted by molar-refractivity contribution is -0.139. The number of carbonyl (C=O) groups is 2. The Morgan fingerprint density at radius 2 is 1.66 bits per heavy atom. The van der Waals surface area contributed by atoms with Crippen molar-refractivity contribution in [2.45, 2.75) is 38.1 Å². The van der Waals surface area contributed by atoms with Crippen LogP contribution in [0.5, 0.6) is 0 Å². The molecule has 0 unspecified atom stereocenters. The smallest absolute Gasteiger partial charge is 0.243 e. The summed E-state index contributed by atoms with van der Waals surface area (Å²) in [6.45, 7) is 2.95. The molecular formula is C28H30BrClN2O2S. The van der Waals surface area contributed by atoms with Gasteiger partial charge >= 0.3 is 0 Å². The predicted octanol–water partition coefficient (Wildman–Crippen LogP) is 6.50. The average Bonchev–Trinajstić information content (AvgIpc) is 2.87. The van der Waals surface area contributed by atoms with E-state index in [0.717, 1.165) is 27.6 Å². The number of amides is 2. The number of thioether (sulfide) groups is 1. The van der Waals surface area contributed by atoms with Crippen LogP contribution in [0.15, 0.2) is 83.3 Å². The van der Waals surface area contributed by atoms with Gasteiger partial charge in [0.25, 0.3) is 0 Å². The number of hydrogen-bond donors (Lipinski definition) is 1. The Bertz CT molecular complexity index is 1100. The Labute approximate surface area is 225 Å². The number of nitrogens with one attached hydrogen (secondary N) is 1. The van der Waals surface area contributed by atoms with E-state index in [1.54, 1.807) is 4.90 Å². The van der Waals surface area contributed by atoms with Crippen molar-refractivity contribution < 1.29 is 9.59 Å². The summed E-state index contributed by atoms with van der Waals surface area (Å²) in [7, 11) is 0.